The highest BCUT2D eigenvalue weighted by atomic mass is 16.5. The average Bonchev–Trinajstić information content (AvgIpc) is 2.40. The van der Waals surface area contributed by atoms with Gasteiger partial charge in [0.25, 0.3) is 0 Å². The molecule has 4 nitrogen and oxygen atoms in total. The molecule has 17 heavy (non-hydrogen) atoms. The van der Waals surface area contributed by atoms with Crippen LogP contribution in [0.4, 0.5) is 0 Å². The van der Waals surface area contributed by atoms with Gasteiger partial charge in [-0.3, -0.25) is 0 Å². The lowest BCUT2D eigenvalue weighted by Crippen LogP contribution is -2.03. The van der Waals surface area contributed by atoms with Crippen LogP contribution in [0, 0.1) is 0 Å². The molecule has 1 unspecified atom stereocenters. The zero-order valence-electron chi connectivity index (χ0n) is 9.10. The molecular formula is C13H11N3O. The number of para-hydroxylation sites is 1. The SMILES string of the molecule is [N-]=[N+]=NC(Oc1ccccc1)c1ccccc1. The topological polar surface area (TPSA) is 58.0 Å². The zero-order chi connectivity index (χ0) is 11.9. The van der Waals surface area contributed by atoms with Crippen LogP contribution >= 0.6 is 0 Å². The van der Waals surface area contributed by atoms with E-state index in [2.05, 4.69) is 10.0 Å². The second-order valence-electron chi connectivity index (χ2n) is 3.40. The van der Waals surface area contributed by atoms with Crippen LogP contribution in [0.15, 0.2) is 65.8 Å². The molecule has 0 aliphatic rings. The first-order chi connectivity index (χ1) is 8.40. The van der Waals surface area contributed by atoms with E-state index in [1.54, 1.807) is 0 Å². The van der Waals surface area contributed by atoms with E-state index in [1.165, 1.54) is 0 Å². The molecule has 0 spiro atoms. The summed E-state index contributed by atoms with van der Waals surface area (Å²) < 4.78 is 5.62. The monoisotopic (exact) mass is 225 g/mol. The van der Waals surface area contributed by atoms with Gasteiger partial charge in [0.2, 0.25) is 6.23 Å². The van der Waals surface area contributed by atoms with E-state index in [0.717, 1.165) is 5.56 Å². The molecule has 0 saturated heterocycles. The lowest BCUT2D eigenvalue weighted by atomic mass is 10.2. The normalized spacial score (nSPS) is 11.3. The summed E-state index contributed by atoms with van der Waals surface area (Å²) in [6.45, 7) is 0. The summed E-state index contributed by atoms with van der Waals surface area (Å²) in [5.41, 5.74) is 9.38. The van der Waals surface area contributed by atoms with Crippen LogP contribution in [0.1, 0.15) is 11.8 Å². The molecular weight excluding hydrogens is 214 g/mol. The molecule has 0 radical (unpaired) electrons. The van der Waals surface area contributed by atoms with Crippen molar-refractivity contribution < 1.29 is 4.74 Å². The highest BCUT2D eigenvalue weighted by Crippen LogP contribution is 2.22. The van der Waals surface area contributed by atoms with Gasteiger partial charge in [-0.25, -0.2) is 0 Å². The van der Waals surface area contributed by atoms with Gasteiger partial charge in [-0.15, -0.1) is 0 Å². The third-order valence-corrected chi connectivity index (χ3v) is 2.23. The van der Waals surface area contributed by atoms with Crippen LogP contribution in [-0.4, -0.2) is 0 Å². The van der Waals surface area contributed by atoms with Crippen molar-refractivity contribution in [3.8, 4) is 5.75 Å². The maximum absolute atomic E-state index is 8.55. The lowest BCUT2D eigenvalue weighted by Gasteiger charge is -2.14. The summed E-state index contributed by atoms with van der Waals surface area (Å²) in [4.78, 5) is 2.81. The summed E-state index contributed by atoms with van der Waals surface area (Å²) >= 11 is 0. The molecule has 0 aliphatic heterocycles. The molecule has 0 saturated carbocycles. The minimum atomic E-state index is -0.636. The van der Waals surface area contributed by atoms with Gasteiger partial charge in [-0.05, 0) is 28.3 Å². The lowest BCUT2D eigenvalue weighted by molar-refractivity contribution is 0.214. The fraction of sp³-hybridized carbons (Fsp3) is 0.0769. The maximum atomic E-state index is 8.55. The molecule has 2 aromatic rings. The Bertz CT molecular complexity index is 507. The maximum Gasteiger partial charge on any atom is 0.202 e. The van der Waals surface area contributed by atoms with Gasteiger partial charge in [0.05, 0.1) is 0 Å². The van der Waals surface area contributed by atoms with Crippen LogP contribution in [-0.2, 0) is 0 Å². The summed E-state index contributed by atoms with van der Waals surface area (Å²) in [5.74, 6) is 0.675. The Balaban J connectivity index is 2.22. The summed E-state index contributed by atoms with van der Waals surface area (Å²) in [6, 6.07) is 18.7. The Morgan fingerprint density at radius 1 is 0.941 bits per heavy atom. The number of hydrogen-bond acceptors (Lipinski definition) is 2. The van der Waals surface area contributed by atoms with Crippen molar-refractivity contribution in [2.45, 2.75) is 6.23 Å². The molecule has 0 aliphatic carbocycles. The van der Waals surface area contributed by atoms with Gasteiger partial charge in [0.1, 0.15) is 5.75 Å². The fourth-order valence-electron chi connectivity index (χ4n) is 1.45. The van der Waals surface area contributed by atoms with Crippen molar-refractivity contribution in [2.75, 3.05) is 0 Å². The van der Waals surface area contributed by atoms with E-state index in [4.69, 9.17) is 10.3 Å². The van der Waals surface area contributed by atoms with Gasteiger partial charge >= 0.3 is 0 Å². The van der Waals surface area contributed by atoms with Gasteiger partial charge in [-0.2, -0.15) is 0 Å². The third-order valence-electron chi connectivity index (χ3n) is 2.23. The number of nitrogens with zero attached hydrogens (tertiary/aromatic N) is 3. The van der Waals surface area contributed by atoms with Crippen LogP contribution in [0.3, 0.4) is 0 Å². The number of rotatable bonds is 4. The van der Waals surface area contributed by atoms with Crippen molar-refractivity contribution in [3.05, 3.63) is 76.7 Å². The first kappa shape index (κ1) is 11.0. The van der Waals surface area contributed by atoms with Crippen LogP contribution in [0.5, 0.6) is 5.75 Å². The molecule has 0 N–H and O–H groups in total. The van der Waals surface area contributed by atoms with Gasteiger partial charge in [0.15, 0.2) is 0 Å². The molecule has 0 fully saturated rings. The minimum absolute atomic E-state index is 0.636. The molecule has 2 rings (SSSR count). The standard InChI is InChI=1S/C13H11N3O/c14-16-15-13(11-7-3-1-4-8-11)17-12-9-5-2-6-10-12/h1-10,13H. The van der Waals surface area contributed by atoms with E-state index < -0.39 is 6.23 Å². The molecule has 0 aromatic heterocycles. The van der Waals surface area contributed by atoms with Crippen molar-refractivity contribution in [3.63, 3.8) is 0 Å². The van der Waals surface area contributed by atoms with Crippen LogP contribution in [0.2, 0.25) is 0 Å². The molecule has 4 heteroatoms. The summed E-state index contributed by atoms with van der Waals surface area (Å²) in [6.07, 6.45) is -0.636. The van der Waals surface area contributed by atoms with Gasteiger partial charge in [0, 0.05) is 4.91 Å². The summed E-state index contributed by atoms with van der Waals surface area (Å²) in [7, 11) is 0. The highest BCUT2D eigenvalue weighted by Gasteiger charge is 2.10. The van der Waals surface area contributed by atoms with Crippen molar-refractivity contribution in [2.24, 2.45) is 5.11 Å². The van der Waals surface area contributed by atoms with Crippen LogP contribution < -0.4 is 4.74 Å². The molecule has 2 aromatic carbocycles. The Morgan fingerprint density at radius 3 is 2.12 bits per heavy atom. The number of azide groups is 1. The predicted molar refractivity (Wildman–Crippen MR) is 65.4 cm³/mol. The Hall–Kier alpha value is -2.45. The minimum Gasteiger partial charge on any atom is -0.480 e. The number of hydrogen-bond donors (Lipinski definition) is 0. The Kier molecular flexibility index (Phi) is 3.63. The Labute approximate surface area is 99.1 Å². The van der Waals surface area contributed by atoms with E-state index in [1.807, 2.05) is 60.7 Å². The number of benzene rings is 2. The quantitative estimate of drug-likeness (QED) is 0.439. The largest absolute Gasteiger partial charge is 0.480 e. The van der Waals surface area contributed by atoms with E-state index >= 15 is 0 Å². The first-order valence-electron chi connectivity index (χ1n) is 5.21. The molecule has 0 heterocycles. The van der Waals surface area contributed by atoms with E-state index in [9.17, 15) is 0 Å². The van der Waals surface area contributed by atoms with Gasteiger partial charge in [-0.1, -0.05) is 48.5 Å². The second-order valence-corrected chi connectivity index (χ2v) is 3.40. The van der Waals surface area contributed by atoms with E-state index in [-0.39, 0.29) is 0 Å². The highest BCUT2D eigenvalue weighted by molar-refractivity contribution is 5.24. The molecule has 0 amide bonds. The van der Waals surface area contributed by atoms with Crippen molar-refractivity contribution in [1.29, 1.82) is 0 Å². The third kappa shape index (κ3) is 3.00. The van der Waals surface area contributed by atoms with Crippen molar-refractivity contribution >= 4 is 0 Å². The molecule has 0 bridgehead atoms. The van der Waals surface area contributed by atoms with Gasteiger partial charge < -0.3 is 4.74 Å². The zero-order valence-corrected chi connectivity index (χ0v) is 9.10. The fourth-order valence-corrected chi connectivity index (χ4v) is 1.45. The number of ether oxygens (including phenoxy) is 1. The van der Waals surface area contributed by atoms with Crippen LogP contribution in [0.25, 0.3) is 10.4 Å². The average molecular weight is 225 g/mol. The smallest absolute Gasteiger partial charge is 0.202 e. The Morgan fingerprint density at radius 2 is 1.53 bits per heavy atom. The molecule has 1 atom stereocenters. The van der Waals surface area contributed by atoms with Crippen molar-refractivity contribution in [1.82, 2.24) is 0 Å². The predicted octanol–water partition coefficient (Wildman–Crippen LogP) is 4.07. The first-order valence-corrected chi connectivity index (χ1v) is 5.21. The second kappa shape index (κ2) is 5.58. The summed E-state index contributed by atoms with van der Waals surface area (Å²) in [5, 5.41) is 3.65. The molecule has 84 valence electrons. The van der Waals surface area contributed by atoms with E-state index in [0.29, 0.717) is 5.75 Å².